The van der Waals surface area contributed by atoms with Crippen LogP contribution in [0.25, 0.3) is 10.9 Å². The van der Waals surface area contributed by atoms with E-state index in [-0.39, 0.29) is 0 Å². The van der Waals surface area contributed by atoms with Crippen LogP contribution in [0.5, 0.6) is 5.75 Å². The smallest absolute Gasteiger partial charge is 0.349 e. The Hall–Kier alpha value is -3.39. The molecule has 0 spiro atoms. The number of carbonyl (C=O) groups excluding carboxylic acids is 1. The Labute approximate surface area is 168 Å². The second-order valence-electron chi connectivity index (χ2n) is 6.27. The van der Waals surface area contributed by atoms with Crippen LogP contribution in [0.1, 0.15) is 13.3 Å². The maximum Gasteiger partial charge on any atom is 0.349 e. The highest BCUT2D eigenvalue weighted by molar-refractivity contribution is 6.04. The minimum atomic E-state index is -0.465. The Balaban J connectivity index is 1.88. The molecule has 29 heavy (non-hydrogen) atoms. The number of hydrogen-bond acceptors (Lipinski definition) is 5. The minimum Gasteiger partial charge on any atom is -0.497 e. The summed E-state index contributed by atoms with van der Waals surface area (Å²) in [6.07, 6.45) is 0.625. The number of anilines is 2. The lowest BCUT2D eigenvalue weighted by Crippen LogP contribution is -2.30. The number of methoxy groups -OCH3 is 1. The van der Waals surface area contributed by atoms with Crippen molar-refractivity contribution in [2.24, 2.45) is 0 Å². The summed E-state index contributed by atoms with van der Waals surface area (Å²) in [5.41, 5.74) is 0.678. The molecule has 0 aliphatic carbocycles. The summed E-state index contributed by atoms with van der Waals surface area (Å²) in [5, 5.41) is 6.26. The van der Waals surface area contributed by atoms with Crippen LogP contribution in [0.3, 0.4) is 0 Å². The van der Waals surface area contributed by atoms with E-state index in [1.807, 2.05) is 19.1 Å². The number of fused-ring (bicyclic) bond motifs is 1. The Morgan fingerprint density at radius 3 is 2.76 bits per heavy atom. The zero-order valence-electron chi connectivity index (χ0n) is 16.5. The van der Waals surface area contributed by atoms with Crippen molar-refractivity contribution in [1.82, 2.24) is 9.55 Å². The molecular weight excluding hydrogens is 372 g/mol. The lowest BCUT2D eigenvalue weighted by Gasteiger charge is -2.16. The molecule has 3 rings (SSSR count). The molecule has 1 heterocycles. The molecule has 152 valence electrons. The molecule has 2 N–H and O–H groups in total. The monoisotopic (exact) mass is 396 g/mol. The summed E-state index contributed by atoms with van der Waals surface area (Å²) in [5.74, 6) is 1.03. The fraction of sp³-hybridized carbons (Fsp3) is 0.286. The molecule has 0 fully saturated rings. The van der Waals surface area contributed by atoms with Gasteiger partial charge in [-0.25, -0.2) is 9.59 Å². The fourth-order valence-corrected chi connectivity index (χ4v) is 2.96. The zero-order chi connectivity index (χ0) is 20.6. The van der Waals surface area contributed by atoms with Crippen molar-refractivity contribution in [2.45, 2.75) is 19.9 Å². The highest BCUT2D eigenvalue weighted by Gasteiger charge is 2.14. The van der Waals surface area contributed by atoms with Gasteiger partial charge in [0.2, 0.25) is 0 Å². The maximum atomic E-state index is 12.6. The van der Waals surface area contributed by atoms with Gasteiger partial charge in [-0.1, -0.05) is 18.2 Å². The molecule has 0 saturated heterocycles. The summed E-state index contributed by atoms with van der Waals surface area (Å²) < 4.78 is 12.0. The number of ether oxygens (including phenoxy) is 2. The van der Waals surface area contributed by atoms with Crippen molar-refractivity contribution >= 4 is 28.4 Å². The minimum absolute atomic E-state index is 0.380. The topological polar surface area (TPSA) is 94.5 Å². The standard InChI is InChI=1S/C21H24N4O4/c1-3-29-13-7-12-25-19(17-10-4-5-11-18(17)23-21(25)27)24-20(26)22-15-8-6-9-16(14-15)28-2/h4-6,8-11,14H,3,7,12-13H2,1-2H3,(H2,22,24,26). The molecule has 0 radical (unpaired) electrons. The van der Waals surface area contributed by atoms with Crippen LogP contribution in [0.2, 0.25) is 0 Å². The molecule has 2 amide bonds. The first-order valence-corrected chi connectivity index (χ1v) is 9.41. The van der Waals surface area contributed by atoms with Crippen molar-refractivity contribution < 1.29 is 14.3 Å². The van der Waals surface area contributed by atoms with Crippen LogP contribution in [-0.4, -0.2) is 35.9 Å². The number of nitrogens with zero attached hydrogens (tertiary/aromatic N) is 2. The van der Waals surface area contributed by atoms with Gasteiger partial charge in [0.15, 0.2) is 0 Å². The Morgan fingerprint density at radius 1 is 1.14 bits per heavy atom. The summed E-state index contributed by atoms with van der Waals surface area (Å²) >= 11 is 0. The Bertz CT molecular complexity index is 1050. The van der Waals surface area contributed by atoms with E-state index < -0.39 is 11.7 Å². The van der Waals surface area contributed by atoms with Crippen LogP contribution < -0.4 is 21.1 Å². The highest BCUT2D eigenvalue weighted by atomic mass is 16.5. The molecule has 2 aromatic carbocycles. The van der Waals surface area contributed by atoms with Crippen molar-refractivity contribution in [3.63, 3.8) is 0 Å². The summed E-state index contributed by atoms with van der Waals surface area (Å²) in [6, 6.07) is 13.8. The van der Waals surface area contributed by atoms with Gasteiger partial charge in [-0.3, -0.25) is 9.88 Å². The van der Waals surface area contributed by atoms with E-state index in [1.54, 1.807) is 43.5 Å². The average molecular weight is 396 g/mol. The number of amides is 2. The van der Waals surface area contributed by atoms with Gasteiger partial charge < -0.3 is 14.8 Å². The van der Waals surface area contributed by atoms with Crippen molar-refractivity contribution in [1.29, 1.82) is 0 Å². The van der Waals surface area contributed by atoms with Crippen LogP contribution >= 0.6 is 0 Å². The van der Waals surface area contributed by atoms with Gasteiger partial charge in [0.25, 0.3) is 0 Å². The first kappa shape index (κ1) is 20.3. The molecule has 0 atom stereocenters. The Morgan fingerprint density at radius 2 is 1.97 bits per heavy atom. The largest absolute Gasteiger partial charge is 0.497 e. The number of hydrogen-bond donors (Lipinski definition) is 2. The van der Waals surface area contributed by atoms with Gasteiger partial charge >= 0.3 is 11.7 Å². The van der Waals surface area contributed by atoms with E-state index in [0.717, 1.165) is 0 Å². The fourth-order valence-electron chi connectivity index (χ4n) is 2.96. The summed E-state index contributed by atoms with van der Waals surface area (Å²) in [4.78, 5) is 29.3. The molecule has 8 heteroatoms. The number of urea groups is 1. The zero-order valence-corrected chi connectivity index (χ0v) is 16.5. The van der Waals surface area contributed by atoms with Gasteiger partial charge in [0.05, 0.1) is 12.6 Å². The quantitative estimate of drug-likeness (QED) is 0.569. The number of aromatic nitrogens is 2. The molecule has 0 aliphatic rings. The number of carbonyl (C=O) groups is 1. The predicted octanol–water partition coefficient (Wildman–Crippen LogP) is 3.48. The van der Waals surface area contributed by atoms with E-state index in [4.69, 9.17) is 9.47 Å². The molecule has 1 aromatic heterocycles. The van der Waals surface area contributed by atoms with Crippen LogP contribution in [0.4, 0.5) is 16.3 Å². The van der Waals surface area contributed by atoms with Crippen molar-refractivity contribution in [3.05, 3.63) is 59.0 Å². The number of nitrogens with one attached hydrogen (secondary N) is 2. The van der Waals surface area contributed by atoms with Crippen molar-refractivity contribution in [3.8, 4) is 5.75 Å². The third-order valence-electron chi connectivity index (χ3n) is 4.31. The third kappa shape index (κ3) is 5.11. The molecule has 0 saturated carbocycles. The molecular formula is C21H24N4O4. The van der Waals surface area contributed by atoms with Crippen molar-refractivity contribution in [2.75, 3.05) is 31.0 Å². The lowest BCUT2D eigenvalue weighted by atomic mass is 10.2. The van der Waals surface area contributed by atoms with Gasteiger partial charge in [-0.05, 0) is 37.6 Å². The highest BCUT2D eigenvalue weighted by Crippen LogP contribution is 2.21. The lowest BCUT2D eigenvalue weighted by molar-refractivity contribution is 0.141. The molecule has 0 unspecified atom stereocenters. The van der Waals surface area contributed by atoms with E-state index in [1.165, 1.54) is 4.57 Å². The van der Waals surface area contributed by atoms with Gasteiger partial charge in [0, 0.05) is 36.9 Å². The third-order valence-corrected chi connectivity index (χ3v) is 4.31. The second-order valence-corrected chi connectivity index (χ2v) is 6.27. The van der Waals surface area contributed by atoms with Gasteiger partial charge in [-0.2, -0.15) is 4.98 Å². The number of benzene rings is 2. The summed E-state index contributed by atoms with van der Waals surface area (Å²) in [6.45, 7) is 3.43. The van der Waals surface area contributed by atoms with Gasteiger partial charge in [0.1, 0.15) is 11.6 Å². The second kappa shape index (κ2) is 9.70. The maximum absolute atomic E-state index is 12.6. The predicted molar refractivity (Wildman–Crippen MR) is 113 cm³/mol. The first-order valence-electron chi connectivity index (χ1n) is 9.41. The van der Waals surface area contributed by atoms with Crippen LogP contribution in [0, 0.1) is 0 Å². The molecule has 3 aromatic rings. The Kier molecular flexibility index (Phi) is 6.80. The first-order chi connectivity index (χ1) is 14.1. The van der Waals surface area contributed by atoms with E-state index in [9.17, 15) is 9.59 Å². The number of para-hydroxylation sites is 1. The molecule has 0 bridgehead atoms. The number of rotatable bonds is 8. The summed E-state index contributed by atoms with van der Waals surface area (Å²) in [7, 11) is 1.56. The van der Waals surface area contributed by atoms with E-state index >= 15 is 0 Å². The van der Waals surface area contributed by atoms with E-state index in [2.05, 4.69) is 15.6 Å². The molecule has 0 aliphatic heterocycles. The SMILES string of the molecule is CCOCCCn1c(NC(=O)Nc2cccc(OC)c2)c2ccccc2nc1=O. The van der Waals surface area contributed by atoms with Crippen LogP contribution in [0.15, 0.2) is 53.3 Å². The van der Waals surface area contributed by atoms with Gasteiger partial charge in [-0.15, -0.1) is 0 Å². The molecule has 8 nitrogen and oxygen atoms in total. The average Bonchev–Trinajstić information content (AvgIpc) is 2.72. The van der Waals surface area contributed by atoms with E-state index in [0.29, 0.717) is 54.3 Å². The normalized spacial score (nSPS) is 10.7. The van der Waals surface area contributed by atoms with Crippen LogP contribution in [-0.2, 0) is 11.3 Å².